The Kier molecular flexibility index (Phi) is 8.55. The first-order chi connectivity index (χ1) is 20.4. The van der Waals surface area contributed by atoms with Gasteiger partial charge in [0.1, 0.15) is 11.6 Å². The Labute approximate surface area is 251 Å². The SMILES string of the molecule is CCCc1c(Cc2ccc(-c3ccccc3C#N)cc2F)c(=O)n(C2CCC(C)(OCC(C)(C)O)CC2)c2nc(C)nn12. The van der Waals surface area contributed by atoms with Crippen LogP contribution in [0.25, 0.3) is 16.9 Å². The molecule has 9 heteroatoms. The maximum atomic E-state index is 15.7. The highest BCUT2D eigenvalue weighted by Crippen LogP contribution is 2.38. The molecule has 0 radical (unpaired) electrons. The van der Waals surface area contributed by atoms with Gasteiger partial charge in [0, 0.05) is 18.0 Å². The van der Waals surface area contributed by atoms with E-state index in [4.69, 9.17) is 4.74 Å². The lowest BCUT2D eigenvalue weighted by Gasteiger charge is -2.39. The third-order valence-corrected chi connectivity index (χ3v) is 8.41. The summed E-state index contributed by atoms with van der Waals surface area (Å²) in [6.07, 6.45) is 4.38. The normalized spacial score (nSPS) is 19.1. The Bertz CT molecular complexity index is 1740. The molecular formula is C34H40FN5O3. The van der Waals surface area contributed by atoms with Crippen LogP contribution in [0, 0.1) is 24.1 Å². The summed E-state index contributed by atoms with van der Waals surface area (Å²) in [5.74, 6) is 0.666. The molecule has 0 saturated heterocycles. The summed E-state index contributed by atoms with van der Waals surface area (Å²) in [6.45, 7) is 9.62. The van der Waals surface area contributed by atoms with Crippen molar-refractivity contribution < 1.29 is 14.2 Å². The smallest absolute Gasteiger partial charge is 0.259 e. The topological polar surface area (TPSA) is 105 Å². The molecule has 1 aliphatic carbocycles. The molecule has 8 nitrogen and oxygen atoms in total. The fraction of sp³-hybridized carbons (Fsp3) is 0.471. The van der Waals surface area contributed by atoms with Crippen molar-refractivity contribution in [3.8, 4) is 17.2 Å². The first kappa shape index (κ1) is 30.6. The minimum absolute atomic E-state index is 0.110. The van der Waals surface area contributed by atoms with Crippen LogP contribution in [0.4, 0.5) is 4.39 Å². The molecule has 1 saturated carbocycles. The second-order valence-electron chi connectivity index (χ2n) is 12.6. The quantitative estimate of drug-likeness (QED) is 0.255. The molecular weight excluding hydrogens is 545 g/mol. The van der Waals surface area contributed by atoms with E-state index < -0.39 is 11.4 Å². The second kappa shape index (κ2) is 12.0. The van der Waals surface area contributed by atoms with Crippen molar-refractivity contribution in [2.24, 2.45) is 0 Å². The first-order valence-electron chi connectivity index (χ1n) is 15.1. The van der Waals surface area contributed by atoms with Crippen molar-refractivity contribution in [2.75, 3.05) is 6.61 Å². The lowest BCUT2D eigenvalue weighted by molar-refractivity contribution is -0.117. The fourth-order valence-electron chi connectivity index (χ4n) is 6.08. The van der Waals surface area contributed by atoms with Crippen LogP contribution in [0.1, 0.15) is 94.0 Å². The Balaban J connectivity index is 1.53. The molecule has 43 heavy (non-hydrogen) atoms. The number of aliphatic hydroxyl groups is 1. The standard InChI is InChI=1S/C34H40FN5O3/c1-6-9-30-28(18-24-13-12-23(19-29(24)35)27-11-8-7-10-25(27)20-36)31(41)39(32-37-22(2)38-40(30)32)26-14-16-34(5,17-15-26)43-21-33(3,4)42/h7-8,10-13,19,26,42H,6,9,14-18,21H2,1-5H3. The lowest BCUT2D eigenvalue weighted by atomic mass is 9.83. The molecule has 0 atom stereocenters. The molecule has 2 aromatic carbocycles. The predicted molar refractivity (Wildman–Crippen MR) is 163 cm³/mol. The summed E-state index contributed by atoms with van der Waals surface area (Å²) in [5, 5.41) is 24.3. The number of benzene rings is 2. The average Bonchev–Trinajstić information content (AvgIpc) is 3.36. The molecule has 2 heterocycles. The van der Waals surface area contributed by atoms with Gasteiger partial charge in [0.15, 0.2) is 0 Å². The van der Waals surface area contributed by atoms with Crippen molar-refractivity contribution in [2.45, 2.75) is 96.8 Å². The van der Waals surface area contributed by atoms with Gasteiger partial charge < -0.3 is 9.84 Å². The van der Waals surface area contributed by atoms with Gasteiger partial charge in [-0.25, -0.2) is 8.91 Å². The Hall–Kier alpha value is -3.87. The maximum absolute atomic E-state index is 15.7. The van der Waals surface area contributed by atoms with Gasteiger partial charge in [-0.3, -0.25) is 9.36 Å². The van der Waals surface area contributed by atoms with Crippen molar-refractivity contribution in [1.82, 2.24) is 19.2 Å². The molecule has 1 N–H and O–H groups in total. The zero-order valence-corrected chi connectivity index (χ0v) is 25.7. The zero-order chi connectivity index (χ0) is 30.9. The average molecular weight is 586 g/mol. The summed E-state index contributed by atoms with van der Waals surface area (Å²) >= 11 is 0. The summed E-state index contributed by atoms with van der Waals surface area (Å²) in [6, 6.07) is 14.1. The largest absolute Gasteiger partial charge is 0.388 e. The van der Waals surface area contributed by atoms with Gasteiger partial charge in [0.05, 0.1) is 35.1 Å². The van der Waals surface area contributed by atoms with E-state index in [0.29, 0.717) is 58.7 Å². The summed E-state index contributed by atoms with van der Waals surface area (Å²) < 4.78 is 25.3. The van der Waals surface area contributed by atoms with Gasteiger partial charge in [-0.2, -0.15) is 15.3 Å². The van der Waals surface area contributed by atoms with Gasteiger partial charge in [0.25, 0.3) is 5.56 Å². The fourth-order valence-corrected chi connectivity index (χ4v) is 6.08. The molecule has 226 valence electrons. The zero-order valence-electron chi connectivity index (χ0n) is 25.7. The van der Waals surface area contributed by atoms with E-state index in [1.165, 1.54) is 6.07 Å². The van der Waals surface area contributed by atoms with E-state index in [0.717, 1.165) is 25.0 Å². The van der Waals surface area contributed by atoms with Crippen LogP contribution in [0.5, 0.6) is 0 Å². The molecule has 0 spiro atoms. The second-order valence-corrected chi connectivity index (χ2v) is 12.6. The van der Waals surface area contributed by atoms with Crippen LogP contribution in [0.3, 0.4) is 0 Å². The first-order valence-corrected chi connectivity index (χ1v) is 15.1. The number of aromatic nitrogens is 4. The van der Waals surface area contributed by atoms with Crippen LogP contribution in [-0.2, 0) is 17.6 Å². The summed E-state index contributed by atoms with van der Waals surface area (Å²) in [5.41, 5.74) is 1.98. The third-order valence-electron chi connectivity index (χ3n) is 8.41. The highest BCUT2D eigenvalue weighted by atomic mass is 19.1. The molecule has 2 aromatic heterocycles. The van der Waals surface area contributed by atoms with Crippen LogP contribution in [-0.4, -0.2) is 42.1 Å². The molecule has 1 fully saturated rings. The van der Waals surface area contributed by atoms with Crippen molar-refractivity contribution in [1.29, 1.82) is 5.26 Å². The minimum Gasteiger partial charge on any atom is -0.388 e. The number of halogens is 1. The number of hydrogen-bond acceptors (Lipinski definition) is 6. The van der Waals surface area contributed by atoms with Crippen LogP contribution in [0.2, 0.25) is 0 Å². The summed E-state index contributed by atoms with van der Waals surface area (Å²) in [4.78, 5) is 19.0. The number of ether oxygens (including phenoxy) is 1. The van der Waals surface area contributed by atoms with Crippen molar-refractivity contribution >= 4 is 5.78 Å². The highest BCUT2D eigenvalue weighted by molar-refractivity contribution is 5.70. The Morgan fingerprint density at radius 2 is 1.93 bits per heavy atom. The molecule has 4 aromatic rings. The summed E-state index contributed by atoms with van der Waals surface area (Å²) in [7, 11) is 0. The van der Waals surface area contributed by atoms with E-state index in [1.54, 1.807) is 53.3 Å². The number of nitriles is 1. The van der Waals surface area contributed by atoms with E-state index in [-0.39, 0.29) is 30.2 Å². The van der Waals surface area contributed by atoms with Crippen LogP contribution in [0.15, 0.2) is 47.3 Å². The van der Waals surface area contributed by atoms with E-state index in [9.17, 15) is 15.2 Å². The van der Waals surface area contributed by atoms with Crippen LogP contribution < -0.4 is 5.56 Å². The van der Waals surface area contributed by atoms with Crippen molar-refractivity contribution in [3.63, 3.8) is 0 Å². The molecule has 0 aliphatic heterocycles. The van der Waals surface area contributed by atoms with Gasteiger partial charge in [-0.05, 0) is 88.6 Å². The van der Waals surface area contributed by atoms with Crippen molar-refractivity contribution in [3.05, 3.63) is 86.8 Å². The van der Waals surface area contributed by atoms with E-state index in [2.05, 4.69) is 23.1 Å². The highest BCUT2D eigenvalue weighted by Gasteiger charge is 2.36. The monoisotopic (exact) mass is 585 g/mol. The minimum atomic E-state index is -0.918. The van der Waals surface area contributed by atoms with Gasteiger partial charge in [-0.15, -0.1) is 0 Å². The number of aryl methyl sites for hydroxylation is 2. The Morgan fingerprint density at radius 3 is 2.58 bits per heavy atom. The van der Waals surface area contributed by atoms with Gasteiger partial charge >= 0.3 is 0 Å². The maximum Gasteiger partial charge on any atom is 0.259 e. The molecule has 0 unspecified atom stereocenters. The number of fused-ring (bicyclic) bond motifs is 1. The van der Waals surface area contributed by atoms with Crippen LogP contribution >= 0.6 is 0 Å². The van der Waals surface area contributed by atoms with Gasteiger partial charge in [-0.1, -0.05) is 43.7 Å². The number of hydrogen-bond donors (Lipinski definition) is 1. The molecule has 0 bridgehead atoms. The van der Waals surface area contributed by atoms with E-state index in [1.807, 2.05) is 19.9 Å². The number of rotatable bonds is 9. The predicted octanol–water partition coefficient (Wildman–Crippen LogP) is 6.08. The lowest BCUT2D eigenvalue weighted by Crippen LogP contribution is -2.41. The molecule has 5 rings (SSSR count). The Morgan fingerprint density at radius 1 is 1.21 bits per heavy atom. The third kappa shape index (κ3) is 6.41. The molecule has 1 aliphatic rings. The molecule has 0 amide bonds. The van der Waals surface area contributed by atoms with E-state index >= 15 is 4.39 Å². The van der Waals surface area contributed by atoms with Gasteiger partial charge in [0.2, 0.25) is 5.78 Å². The number of nitrogens with zero attached hydrogens (tertiary/aromatic N) is 5.